The molecule has 5 aromatic rings. The Balaban J connectivity index is 1.72. The molecule has 35 heavy (non-hydrogen) atoms. The Morgan fingerprint density at radius 3 is 1.54 bits per heavy atom. The van der Waals surface area contributed by atoms with E-state index in [0.29, 0.717) is 11.0 Å². The van der Waals surface area contributed by atoms with Crippen molar-refractivity contribution in [2.75, 3.05) is 0 Å². The van der Waals surface area contributed by atoms with E-state index in [1.54, 1.807) is 6.07 Å². The molecule has 0 amide bonds. The van der Waals surface area contributed by atoms with Crippen molar-refractivity contribution in [3.63, 3.8) is 0 Å². The Labute approximate surface area is 205 Å². The number of hydrogen-bond donors (Lipinski definition) is 2. The Hall–Kier alpha value is -4.43. The summed E-state index contributed by atoms with van der Waals surface area (Å²) < 4.78 is 0. The van der Waals surface area contributed by atoms with Gasteiger partial charge in [0.15, 0.2) is 0 Å². The fraction of sp³-hybridized carbons (Fsp3) is 0. The Morgan fingerprint density at radius 1 is 0.486 bits per heavy atom. The zero-order valence-electron chi connectivity index (χ0n) is 19.0. The maximum absolute atomic E-state index is 9.82. The summed E-state index contributed by atoms with van der Waals surface area (Å²) in [6.45, 7) is 0. The maximum Gasteiger partial charge on any atom is 0.488 e. The lowest BCUT2D eigenvalue weighted by Crippen LogP contribution is -2.29. The zero-order valence-corrected chi connectivity index (χ0v) is 19.0. The number of nitriles is 1. The van der Waals surface area contributed by atoms with E-state index in [2.05, 4.69) is 30.3 Å². The summed E-state index contributed by atoms with van der Waals surface area (Å²) in [6.07, 6.45) is 0. The van der Waals surface area contributed by atoms with Crippen LogP contribution in [0, 0.1) is 11.3 Å². The van der Waals surface area contributed by atoms with Gasteiger partial charge in [-0.1, -0.05) is 109 Å². The number of rotatable bonds is 5. The molecule has 0 fully saturated rings. The first-order valence-corrected chi connectivity index (χ1v) is 11.4. The third-order valence-corrected chi connectivity index (χ3v) is 6.19. The fourth-order valence-electron chi connectivity index (χ4n) is 4.46. The minimum atomic E-state index is -1.54. The SMILES string of the molecule is N#Cc1ccc(-c2ccccc2-c2ccccc2-c2ccc(B(O)O)cc2-c2ccccc2)cc1. The Morgan fingerprint density at radius 2 is 0.971 bits per heavy atom. The lowest BCUT2D eigenvalue weighted by Gasteiger charge is -2.18. The molecule has 0 unspecified atom stereocenters. The van der Waals surface area contributed by atoms with Gasteiger partial charge in [-0.2, -0.15) is 5.26 Å². The van der Waals surface area contributed by atoms with Crippen LogP contribution in [0.1, 0.15) is 5.56 Å². The monoisotopic (exact) mass is 451 g/mol. The molecule has 0 aromatic heterocycles. The van der Waals surface area contributed by atoms with Crippen LogP contribution in [0.3, 0.4) is 0 Å². The molecule has 166 valence electrons. The van der Waals surface area contributed by atoms with Crippen molar-refractivity contribution in [2.24, 2.45) is 0 Å². The normalized spacial score (nSPS) is 10.5. The summed E-state index contributed by atoms with van der Waals surface area (Å²) in [5.41, 5.74) is 9.33. The van der Waals surface area contributed by atoms with Crippen molar-refractivity contribution in [3.8, 4) is 50.6 Å². The van der Waals surface area contributed by atoms with Crippen LogP contribution in [0.15, 0.2) is 121 Å². The lowest BCUT2D eigenvalue weighted by molar-refractivity contribution is 0.426. The summed E-state index contributed by atoms with van der Waals surface area (Å²) in [5, 5.41) is 28.8. The predicted molar refractivity (Wildman–Crippen MR) is 143 cm³/mol. The number of hydrogen-bond acceptors (Lipinski definition) is 3. The van der Waals surface area contributed by atoms with E-state index in [1.165, 1.54) is 0 Å². The molecular weight excluding hydrogens is 429 g/mol. The molecule has 5 aromatic carbocycles. The third kappa shape index (κ3) is 4.51. The molecule has 0 aliphatic heterocycles. The van der Waals surface area contributed by atoms with Crippen LogP contribution in [0.5, 0.6) is 0 Å². The highest BCUT2D eigenvalue weighted by molar-refractivity contribution is 6.58. The number of nitrogens with zero attached hydrogens (tertiary/aromatic N) is 1. The minimum absolute atomic E-state index is 0.447. The molecule has 0 spiro atoms. The van der Waals surface area contributed by atoms with Crippen molar-refractivity contribution >= 4 is 12.6 Å². The summed E-state index contributed by atoms with van der Waals surface area (Å²) in [7, 11) is -1.54. The van der Waals surface area contributed by atoms with E-state index in [1.807, 2.05) is 91.0 Å². The highest BCUT2D eigenvalue weighted by Crippen LogP contribution is 2.41. The van der Waals surface area contributed by atoms with Crippen molar-refractivity contribution in [2.45, 2.75) is 0 Å². The van der Waals surface area contributed by atoms with Gasteiger partial charge in [0, 0.05) is 0 Å². The fourth-order valence-corrected chi connectivity index (χ4v) is 4.46. The molecule has 0 radical (unpaired) electrons. The largest absolute Gasteiger partial charge is 0.488 e. The molecule has 0 aliphatic carbocycles. The van der Waals surface area contributed by atoms with Crippen molar-refractivity contribution in [1.29, 1.82) is 5.26 Å². The Kier molecular flexibility index (Phi) is 6.28. The van der Waals surface area contributed by atoms with Gasteiger partial charge in [0.1, 0.15) is 0 Å². The van der Waals surface area contributed by atoms with Crippen LogP contribution < -0.4 is 5.46 Å². The van der Waals surface area contributed by atoms with Gasteiger partial charge < -0.3 is 10.0 Å². The van der Waals surface area contributed by atoms with Crippen molar-refractivity contribution in [1.82, 2.24) is 0 Å². The summed E-state index contributed by atoms with van der Waals surface area (Å²) in [6, 6.07) is 41.9. The van der Waals surface area contributed by atoms with Gasteiger partial charge in [-0.05, 0) is 62.1 Å². The Bertz CT molecular complexity index is 1520. The molecule has 0 bridgehead atoms. The van der Waals surface area contributed by atoms with Gasteiger partial charge in [-0.15, -0.1) is 0 Å². The van der Waals surface area contributed by atoms with E-state index in [-0.39, 0.29) is 0 Å². The predicted octanol–water partition coefficient (Wildman–Crippen LogP) is 5.91. The average Bonchev–Trinajstić information content (AvgIpc) is 2.93. The van der Waals surface area contributed by atoms with E-state index < -0.39 is 7.12 Å². The standard InChI is InChI=1S/C31H22BNO2/c33-21-22-14-16-24(17-15-22)26-10-4-5-11-27(26)28-12-6-7-13-29(28)30-19-18-25(32(34)35)20-31(30)23-8-2-1-3-9-23/h1-20,34-35H. The smallest absolute Gasteiger partial charge is 0.423 e. The molecular formula is C31H22BNO2. The van der Waals surface area contributed by atoms with Crippen LogP contribution in [0.4, 0.5) is 0 Å². The van der Waals surface area contributed by atoms with Crippen LogP contribution in [0.2, 0.25) is 0 Å². The van der Waals surface area contributed by atoms with Crippen LogP contribution in [-0.2, 0) is 0 Å². The molecule has 2 N–H and O–H groups in total. The molecule has 0 heterocycles. The molecule has 3 nitrogen and oxygen atoms in total. The van der Waals surface area contributed by atoms with E-state index in [9.17, 15) is 15.3 Å². The van der Waals surface area contributed by atoms with Crippen LogP contribution >= 0.6 is 0 Å². The molecule has 0 saturated heterocycles. The average molecular weight is 451 g/mol. The number of benzene rings is 5. The van der Waals surface area contributed by atoms with Crippen molar-refractivity contribution in [3.05, 3.63) is 127 Å². The van der Waals surface area contributed by atoms with Crippen LogP contribution in [0.25, 0.3) is 44.5 Å². The second kappa shape index (κ2) is 9.83. The van der Waals surface area contributed by atoms with E-state index >= 15 is 0 Å². The highest BCUT2D eigenvalue weighted by atomic mass is 16.4. The second-order valence-corrected chi connectivity index (χ2v) is 8.33. The molecule has 0 aliphatic rings. The van der Waals surface area contributed by atoms with E-state index in [4.69, 9.17) is 0 Å². The third-order valence-electron chi connectivity index (χ3n) is 6.19. The van der Waals surface area contributed by atoms with Gasteiger partial charge in [0.05, 0.1) is 11.6 Å². The quantitative estimate of drug-likeness (QED) is 0.327. The summed E-state index contributed by atoms with van der Waals surface area (Å²) in [4.78, 5) is 0. The van der Waals surface area contributed by atoms with Gasteiger partial charge in [-0.3, -0.25) is 0 Å². The second-order valence-electron chi connectivity index (χ2n) is 8.33. The molecule has 5 rings (SSSR count). The molecule has 0 saturated carbocycles. The topological polar surface area (TPSA) is 64.2 Å². The first-order valence-electron chi connectivity index (χ1n) is 11.4. The van der Waals surface area contributed by atoms with Gasteiger partial charge in [-0.25, -0.2) is 0 Å². The minimum Gasteiger partial charge on any atom is -0.423 e. The van der Waals surface area contributed by atoms with Crippen molar-refractivity contribution < 1.29 is 10.0 Å². The first-order chi connectivity index (χ1) is 17.2. The highest BCUT2D eigenvalue weighted by Gasteiger charge is 2.18. The van der Waals surface area contributed by atoms with Gasteiger partial charge >= 0.3 is 7.12 Å². The lowest BCUT2D eigenvalue weighted by atomic mass is 9.77. The van der Waals surface area contributed by atoms with Gasteiger partial charge in [0.2, 0.25) is 0 Å². The molecule has 0 atom stereocenters. The van der Waals surface area contributed by atoms with Gasteiger partial charge in [0.25, 0.3) is 0 Å². The summed E-state index contributed by atoms with van der Waals surface area (Å²) >= 11 is 0. The van der Waals surface area contributed by atoms with Crippen LogP contribution in [-0.4, -0.2) is 17.2 Å². The first kappa shape index (κ1) is 22.4. The zero-order chi connectivity index (χ0) is 24.2. The van der Waals surface area contributed by atoms with E-state index in [0.717, 1.165) is 44.5 Å². The summed E-state index contributed by atoms with van der Waals surface area (Å²) in [5.74, 6) is 0. The maximum atomic E-state index is 9.82. The molecule has 4 heteroatoms.